The summed E-state index contributed by atoms with van der Waals surface area (Å²) in [5, 5.41) is 9.78. The van der Waals surface area contributed by atoms with Crippen LogP contribution in [0.2, 0.25) is 10.0 Å². The zero-order valence-electron chi connectivity index (χ0n) is 10.6. The van der Waals surface area contributed by atoms with Crippen LogP contribution in [0.4, 0.5) is 0 Å². The van der Waals surface area contributed by atoms with E-state index in [0.717, 1.165) is 19.3 Å². The molecule has 1 amide bonds. The molecule has 1 fully saturated rings. The number of carbonyl (C=O) groups is 1. The van der Waals surface area contributed by atoms with E-state index in [2.05, 4.69) is 0 Å². The highest BCUT2D eigenvalue weighted by molar-refractivity contribution is 6.42. The molecule has 0 atom stereocenters. The van der Waals surface area contributed by atoms with Crippen molar-refractivity contribution in [3.63, 3.8) is 0 Å². The Labute approximate surface area is 123 Å². The van der Waals surface area contributed by atoms with E-state index in [1.54, 1.807) is 18.2 Å². The van der Waals surface area contributed by atoms with Gasteiger partial charge in [-0.3, -0.25) is 4.79 Å². The van der Waals surface area contributed by atoms with Crippen LogP contribution in [0, 0.1) is 0 Å². The number of amides is 1. The van der Waals surface area contributed by atoms with Crippen molar-refractivity contribution in [2.24, 2.45) is 0 Å². The van der Waals surface area contributed by atoms with Crippen LogP contribution in [0.1, 0.15) is 36.0 Å². The van der Waals surface area contributed by atoms with E-state index in [1.165, 1.54) is 0 Å². The maximum Gasteiger partial charge on any atom is 0.254 e. The smallest absolute Gasteiger partial charge is 0.254 e. The summed E-state index contributed by atoms with van der Waals surface area (Å²) in [5.41, 5.74) is 0.555. The van der Waals surface area contributed by atoms with E-state index in [0.29, 0.717) is 34.6 Å². The third-order valence-electron chi connectivity index (χ3n) is 3.50. The topological polar surface area (TPSA) is 40.5 Å². The SMILES string of the molecule is O=C(c1ccc(Cl)c(Cl)c1)N(CCCO)C1CCC1. The lowest BCUT2D eigenvalue weighted by Crippen LogP contribution is -2.45. The van der Waals surface area contributed by atoms with Gasteiger partial charge in [-0.05, 0) is 43.9 Å². The van der Waals surface area contributed by atoms with Gasteiger partial charge >= 0.3 is 0 Å². The van der Waals surface area contributed by atoms with Gasteiger partial charge in [0.15, 0.2) is 0 Å². The number of aliphatic hydroxyl groups excluding tert-OH is 1. The van der Waals surface area contributed by atoms with Crippen LogP contribution in [0.3, 0.4) is 0 Å². The summed E-state index contributed by atoms with van der Waals surface area (Å²) in [4.78, 5) is 14.3. The number of halogens is 2. The normalized spacial score (nSPS) is 15.1. The standard InChI is InChI=1S/C14H17Cl2NO2/c15-12-6-5-10(9-13(12)16)14(19)17(7-2-8-18)11-3-1-4-11/h5-6,9,11,18H,1-4,7-8H2. The molecule has 104 valence electrons. The lowest BCUT2D eigenvalue weighted by atomic mass is 9.90. The maximum absolute atomic E-state index is 12.5. The van der Waals surface area contributed by atoms with Crippen molar-refractivity contribution in [1.29, 1.82) is 0 Å². The predicted molar refractivity (Wildman–Crippen MR) is 76.8 cm³/mol. The first-order valence-corrected chi connectivity index (χ1v) is 7.26. The van der Waals surface area contributed by atoms with Gasteiger partial charge in [0.2, 0.25) is 0 Å². The van der Waals surface area contributed by atoms with E-state index >= 15 is 0 Å². The summed E-state index contributed by atoms with van der Waals surface area (Å²) in [6, 6.07) is 5.24. The lowest BCUT2D eigenvalue weighted by Gasteiger charge is -2.37. The van der Waals surface area contributed by atoms with Gasteiger partial charge in [-0.15, -0.1) is 0 Å². The average Bonchev–Trinajstić information content (AvgIpc) is 2.34. The fourth-order valence-corrected chi connectivity index (χ4v) is 2.48. The number of carbonyl (C=O) groups excluding carboxylic acids is 1. The second-order valence-corrected chi connectivity index (χ2v) is 5.60. The van der Waals surface area contributed by atoms with E-state index in [1.807, 2.05) is 4.90 Å². The van der Waals surface area contributed by atoms with E-state index in [4.69, 9.17) is 28.3 Å². The van der Waals surface area contributed by atoms with Crippen LogP contribution < -0.4 is 0 Å². The molecule has 0 saturated heterocycles. The van der Waals surface area contributed by atoms with Gasteiger partial charge in [0.25, 0.3) is 5.91 Å². The summed E-state index contributed by atoms with van der Waals surface area (Å²) in [6.07, 6.45) is 3.84. The highest BCUT2D eigenvalue weighted by Gasteiger charge is 2.29. The molecule has 0 radical (unpaired) electrons. The predicted octanol–water partition coefficient (Wildman–Crippen LogP) is 3.37. The Balaban J connectivity index is 2.15. The molecule has 0 unspecified atom stereocenters. The van der Waals surface area contributed by atoms with Gasteiger partial charge in [0.05, 0.1) is 10.0 Å². The summed E-state index contributed by atoms with van der Waals surface area (Å²) >= 11 is 11.8. The second kappa shape index (κ2) is 6.60. The van der Waals surface area contributed by atoms with E-state index < -0.39 is 0 Å². The molecule has 1 aliphatic carbocycles. The molecule has 5 heteroatoms. The summed E-state index contributed by atoms with van der Waals surface area (Å²) in [7, 11) is 0. The quantitative estimate of drug-likeness (QED) is 0.906. The van der Waals surface area contributed by atoms with Crippen LogP contribution >= 0.6 is 23.2 Å². The Bertz CT molecular complexity index is 461. The monoisotopic (exact) mass is 301 g/mol. The molecule has 3 nitrogen and oxygen atoms in total. The fourth-order valence-electron chi connectivity index (χ4n) is 2.18. The number of hydrogen-bond acceptors (Lipinski definition) is 2. The van der Waals surface area contributed by atoms with E-state index in [-0.39, 0.29) is 12.5 Å². The zero-order valence-corrected chi connectivity index (χ0v) is 12.1. The third-order valence-corrected chi connectivity index (χ3v) is 4.24. The molecule has 1 aromatic carbocycles. The minimum absolute atomic E-state index is 0.0308. The fraction of sp³-hybridized carbons (Fsp3) is 0.500. The third kappa shape index (κ3) is 3.41. The Morgan fingerprint density at radius 1 is 1.32 bits per heavy atom. The van der Waals surface area contributed by atoms with Gasteiger partial charge in [-0.25, -0.2) is 0 Å². The van der Waals surface area contributed by atoms with Crippen molar-refractivity contribution in [1.82, 2.24) is 4.90 Å². The second-order valence-electron chi connectivity index (χ2n) is 4.79. The Morgan fingerprint density at radius 3 is 2.58 bits per heavy atom. The molecule has 1 saturated carbocycles. The number of nitrogens with zero attached hydrogens (tertiary/aromatic N) is 1. The molecule has 1 N–H and O–H groups in total. The Hall–Kier alpha value is -0.770. The molecule has 1 aromatic rings. The first-order chi connectivity index (χ1) is 9.13. The van der Waals surface area contributed by atoms with Crippen LogP contribution in [0.15, 0.2) is 18.2 Å². The highest BCUT2D eigenvalue weighted by Crippen LogP contribution is 2.28. The summed E-state index contributed by atoms with van der Waals surface area (Å²) < 4.78 is 0. The van der Waals surface area contributed by atoms with Crippen molar-refractivity contribution >= 4 is 29.1 Å². The van der Waals surface area contributed by atoms with Crippen molar-refractivity contribution in [3.8, 4) is 0 Å². The molecule has 0 aromatic heterocycles. The largest absolute Gasteiger partial charge is 0.396 e. The molecular formula is C14H17Cl2NO2. The Morgan fingerprint density at radius 2 is 2.05 bits per heavy atom. The van der Waals surface area contributed by atoms with Crippen molar-refractivity contribution < 1.29 is 9.90 Å². The minimum Gasteiger partial charge on any atom is -0.396 e. The molecule has 2 rings (SSSR count). The summed E-state index contributed by atoms with van der Waals surface area (Å²) in [6.45, 7) is 0.679. The lowest BCUT2D eigenvalue weighted by molar-refractivity contribution is 0.0562. The van der Waals surface area contributed by atoms with E-state index in [9.17, 15) is 4.79 Å². The van der Waals surface area contributed by atoms with Gasteiger partial charge in [-0.1, -0.05) is 23.2 Å². The van der Waals surface area contributed by atoms with Crippen molar-refractivity contribution in [2.75, 3.05) is 13.2 Å². The Kier molecular flexibility index (Phi) is 5.08. The van der Waals surface area contributed by atoms with Crippen LogP contribution in [-0.2, 0) is 0 Å². The summed E-state index contributed by atoms with van der Waals surface area (Å²) in [5.74, 6) is -0.0308. The van der Waals surface area contributed by atoms with Crippen LogP contribution in [0.5, 0.6) is 0 Å². The zero-order chi connectivity index (χ0) is 13.8. The average molecular weight is 302 g/mol. The molecular weight excluding hydrogens is 285 g/mol. The molecule has 0 heterocycles. The number of rotatable bonds is 5. The number of benzene rings is 1. The molecule has 0 bridgehead atoms. The molecule has 0 spiro atoms. The van der Waals surface area contributed by atoms with Gasteiger partial charge in [0.1, 0.15) is 0 Å². The van der Waals surface area contributed by atoms with Crippen LogP contribution in [0.25, 0.3) is 0 Å². The van der Waals surface area contributed by atoms with Gasteiger partial charge < -0.3 is 10.0 Å². The number of aliphatic hydroxyl groups is 1. The minimum atomic E-state index is -0.0308. The van der Waals surface area contributed by atoms with Crippen molar-refractivity contribution in [3.05, 3.63) is 33.8 Å². The van der Waals surface area contributed by atoms with Gasteiger partial charge in [0, 0.05) is 24.8 Å². The molecule has 19 heavy (non-hydrogen) atoms. The van der Waals surface area contributed by atoms with Gasteiger partial charge in [-0.2, -0.15) is 0 Å². The highest BCUT2D eigenvalue weighted by atomic mass is 35.5. The molecule has 0 aliphatic heterocycles. The maximum atomic E-state index is 12.5. The molecule has 1 aliphatic rings. The van der Waals surface area contributed by atoms with Crippen molar-refractivity contribution in [2.45, 2.75) is 31.7 Å². The first kappa shape index (κ1) is 14.6. The number of hydrogen-bond donors (Lipinski definition) is 1. The first-order valence-electron chi connectivity index (χ1n) is 6.50. The van der Waals surface area contributed by atoms with Crippen LogP contribution in [-0.4, -0.2) is 35.1 Å².